The smallest absolute Gasteiger partial charge is 0.124 e. The number of hydrogen-bond acceptors (Lipinski definition) is 4. The number of nitrogens with zero attached hydrogens (tertiary/aromatic N) is 2. The Labute approximate surface area is 171 Å². The van der Waals surface area contributed by atoms with Crippen molar-refractivity contribution in [1.82, 2.24) is 9.80 Å². The molecule has 4 rings (SSSR count). The van der Waals surface area contributed by atoms with E-state index in [0.717, 1.165) is 44.0 Å². The fourth-order valence-corrected chi connectivity index (χ4v) is 5.41. The van der Waals surface area contributed by atoms with E-state index in [4.69, 9.17) is 0 Å². The highest BCUT2D eigenvalue weighted by atomic mass is 32.2. The van der Waals surface area contributed by atoms with Gasteiger partial charge in [-0.1, -0.05) is 43.8 Å². The first-order valence-electron chi connectivity index (χ1n) is 10.2. The van der Waals surface area contributed by atoms with E-state index in [1.807, 2.05) is 6.07 Å². The molecule has 0 radical (unpaired) electrons. The average Bonchev–Trinajstić information content (AvgIpc) is 2.84. The average molecular weight is 401 g/mol. The van der Waals surface area contributed by atoms with Crippen molar-refractivity contribution in [2.24, 2.45) is 0 Å². The summed E-state index contributed by atoms with van der Waals surface area (Å²) in [6.45, 7) is 9.41. The molecule has 0 bridgehead atoms. The second-order valence-electron chi connectivity index (χ2n) is 8.13. The van der Waals surface area contributed by atoms with Crippen molar-refractivity contribution in [1.29, 1.82) is 0 Å². The summed E-state index contributed by atoms with van der Waals surface area (Å²) in [4.78, 5) is 7.20. The van der Waals surface area contributed by atoms with Gasteiger partial charge in [0.25, 0.3) is 0 Å². The van der Waals surface area contributed by atoms with Crippen molar-refractivity contribution in [2.45, 2.75) is 42.0 Å². The molecule has 0 aliphatic carbocycles. The molecule has 2 aliphatic rings. The molecule has 3 nitrogen and oxygen atoms in total. The number of piperazine rings is 1. The third kappa shape index (κ3) is 4.13. The van der Waals surface area contributed by atoms with Gasteiger partial charge in [-0.25, -0.2) is 4.39 Å². The molecule has 2 aliphatic heterocycles. The van der Waals surface area contributed by atoms with E-state index < -0.39 is 0 Å². The monoisotopic (exact) mass is 400 g/mol. The highest BCUT2D eigenvalue weighted by Gasteiger charge is 2.30. The normalized spacial score (nSPS) is 20.7. The van der Waals surface area contributed by atoms with Gasteiger partial charge < -0.3 is 5.11 Å². The first-order chi connectivity index (χ1) is 13.5. The van der Waals surface area contributed by atoms with Crippen molar-refractivity contribution in [2.75, 3.05) is 39.3 Å². The molecule has 0 spiro atoms. The number of fused-ring (bicyclic) bond motifs is 2. The molecule has 2 aromatic rings. The lowest BCUT2D eigenvalue weighted by Crippen LogP contribution is -2.48. The van der Waals surface area contributed by atoms with Gasteiger partial charge in [-0.15, -0.1) is 0 Å². The Morgan fingerprint density at radius 3 is 2.57 bits per heavy atom. The number of rotatable bonds is 4. The molecular formula is C23H29FN2OS. The van der Waals surface area contributed by atoms with E-state index in [-0.39, 0.29) is 12.4 Å². The molecule has 1 N–H and O–H groups in total. The number of aliphatic hydroxyl groups is 1. The van der Waals surface area contributed by atoms with Crippen LogP contribution in [0.4, 0.5) is 4.39 Å². The molecule has 0 amide bonds. The number of aliphatic hydroxyl groups excluding tert-OH is 1. The van der Waals surface area contributed by atoms with Gasteiger partial charge in [0.15, 0.2) is 0 Å². The predicted molar refractivity (Wildman–Crippen MR) is 113 cm³/mol. The zero-order chi connectivity index (χ0) is 19.7. The lowest BCUT2D eigenvalue weighted by molar-refractivity contribution is 0.0823. The quantitative estimate of drug-likeness (QED) is 0.827. The summed E-state index contributed by atoms with van der Waals surface area (Å²) in [5.41, 5.74) is 3.97. The molecule has 2 heterocycles. The lowest BCUT2D eigenvalue weighted by atomic mass is 9.93. The molecule has 2 aromatic carbocycles. The number of hydrogen-bond donors (Lipinski definition) is 1. The molecule has 150 valence electrons. The SMILES string of the molecule is CC(C)c1ccc2c(c1)[C@@H](N1CCN(CCO)CC1)Cc1ccc(F)cc1S2. The van der Waals surface area contributed by atoms with Gasteiger partial charge in [0.2, 0.25) is 0 Å². The second kappa shape index (κ2) is 8.54. The third-order valence-electron chi connectivity index (χ3n) is 5.99. The van der Waals surface area contributed by atoms with Crippen LogP contribution in [0, 0.1) is 5.82 Å². The molecular weight excluding hydrogens is 371 g/mol. The van der Waals surface area contributed by atoms with Crippen LogP contribution in [0.25, 0.3) is 0 Å². The Hall–Kier alpha value is -1.40. The van der Waals surface area contributed by atoms with E-state index in [0.29, 0.717) is 12.0 Å². The van der Waals surface area contributed by atoms with Crippen LogP contribution in [0.15, 0.2) is 46.2 Å². The maximum Gasteiger partial charge on any atom is 0.124 e. The van der Waals surface area contributed by atoms with Crippen molar-refractivity contribution in [3.63, 3.8) is 0 Å². The zero-order valence-corrected chi connectivity index (χ0v) is 17.5. The van der Waals surface area contributed by atoms with E-state index >= 15 is 0 Å². The van der Waals surface area contributed by atoms with Gasteiger partial charge in [0, 0.05) is 48.6 Å². The summed E-state index contributed by atoms with van der Waals surface area (Å²) in [5.74, 6) is 0.322. The Morgan fingerprint density at radius 1 is 1.07 bits per heavy atom. The Balaban J connectivity index is 1.70. The van der Waals surface area contributed by atoms with Crippen molar-refractivity contribution in [3.8, 4) is 0 Å². The van der Waals surface area contributed by atoms with Crippen LogP contribution in [0.3, 0.4) is 0 Å². The molecule has 0 aromatic heterocycles. The van der Waals surface area contributed by atoms with Gasteiger partial charge in [-0.3, -0.25) is 9.80 Å². The fraction of sp³-hybridized carbons (Fsp3) is 0.478. The number of β-amino-alcohol motifs (C(OH)–C–C–N with tert-alkyl or cyclic N) is 1. The minimum atomic E-state index is -0.164. The van der Waals surface area contributed by atoms with E-state index in [2.05, 4.69) is 41.8 Å². The summed E-state index contributed by atoms with van der Waals surface area (Å²) in [5, 5.41) is 9.23. The highest BCUT2D eigenvalue weighted by molar-refractivity contribution is 7.99. The lowest BCUT2D eigenvalue weighted by Gasteiger charge is -2.39. The summed E-state index contributed by atoms with van der Waals surface area (Å²) >= 11 is 1.70. The van der Waals surface area contributed by atoms with E-state index in [9.17, 15) is 9.50 Å². The summed E-state index contributed by atoms with van der Waals surface area (Å²) < 4.78 is 13.9. The molecule has 1 saturated heterocycles. The van der Waals surface area contributed by atoms with Crippen LogP contribution in [-0.4, -0.2) is 54.2 Å². The van der Waals surface area contributed by atoms with Gasteiger partial charge in [-0.2, -0.15) is 0 Å². The van der Waals surface area contributed by atoms with E-state index in [1.54, 1.807) is 23.9 Å². The van der Waals surface area contributed by atoms with Crippen molar-refractivity contribution in [3.05, 3.63) is 58.9 Å². The summed E-state index contributed by atoms with van der Waals surface area (Å²) in [6, 6.07) is 12.4. The van der Waals surface area contributed by atoms with Gasteiger partial charge in [0.05, 0.1) is 6.61 Å². The zero-order valence-electron chi connectivity index (χ0n) is 16.7. The summed E-state index contributed by atoms with van der Waals surface area (Å²) in [6.07, 6.45) is 0.914. The standard InChI is InChI=1S/C23H29FN2OS/c1-16(2)17-4-6-22-20(13-17)21(26-9-7-25(8-10-26)11-12-27)14-18-3-5-19(24)15-23(18)28-22/h3-6,13,15-16,21,27H,7-12,14H2,1-2H3/t21-/m0/s1. The maximum atomic E-state index is 13.9. The summed E-state index contributed by atoms with van der Waals surface area (Å²) in [7, 11) is 0. The van der Waals surface area contributed by atoms with Gasteiger partial charge in [-0.05, 0) is 47.2 Å². The van der Waals surface area contributed by atoms with Crippen LogP contribution >= 0.6 is 11.8 Å². The van der Waals surface area contributed by atoms with Gasteiger partial charge in [0.1, 0.15) is 5.82 Å². The van der Waals surface area contributed by atoms with E-state index in [1.165, 1.54) is 21.6 Å². The topological polar surface area (TPSA) is 26.7 Å². The van der Waals surface area contributed by atoms with Gasteiger partial charge >= 0.3 is 0 Å². The Morgan fingerprint density at radius 2 is 1.86 bits per heavy atom. The first-order valence-corrected chi connectivity index (χ1v) is 11.0. The maximum absolute atomic E-state index is 13.9. The highest BCUT2D eigenvalue weighted by Crippen LogP contribution is 2.44. The Kier molecular flexibility index (Phi) is 6.07. The first kappa shape index (κ1) is 19.9. The van der Waals surface area contributed by atoms with Crippen LogP contribution in [0.5, 0.6) is 0 Å². The molecule has 1 fully saturated rings. The molecule has 1 atom stereocenters. The minimum Gasteiger partial charge on any atom is -0.395 e. The van der Waals surface area contributed by atoms with Crippen molar-refractivity contribution < 1.29 is 9.50 Å². The predicted octanol–water partition coefficient (Wildman–Crippen LogP) is 4.31. The van der Waals surface area contributed by atoms with Crippen LogP contribution in [0.2, 0.25) is 0 Å². The van der Waals surface area contributed by atoms with Crippen LogP contribution < -0.4 is 0 Å². The minimum absolute atomic E-state index is 0.164. The Bertz CT molecular complexity index is 833. The van der Waals surface area contributed by atoms with Crippen LogP contribution in [0.1, 0.15) is 42.5 Å². The molecule has 0 unspecified atom stereocenters. The van der Waals surface area contributed by atoms with Crippen molar-refractivity contribution >= 4 is 11.8 Å². The number of benzene rings is 2. The number of halogens is 1. The fourth-order valence-electron chi connectivity index (χ4n) is 4.27. The van der Waals surface area contributed by atoms with Crippen LogP contribution in [-0.2, 0) is 6.42 Å². The third-order valence-corrected chi connectivity index (χ3v) is 7.18. The molecule has 5 heteroatoms. The molecule has 0 saturated carbocycles. The molecule has 28 heavy (non-hydrogen) atoms. The largest absolute Gasteiger partial charge is 0.395 e. The second-order valence-corrected chi connectivity index (χ2v) is 9.21.